The first-order chi connectivity index (χ1) is 19.1. The molecular formula is C27H28N6O5S2. The van der Waals surface area contributed by atoms with Gasteiger partial charge in [0.2, 0.25) is 5.13 Å². The predicted octanol–water partition coefficient (Wildman–Crippen LogP) is 3.76. The lowest BCUT2D eigenvalue weighted by Crippen LogP contribution is -2.37. The van der Waals surface area contributed by atoms with Crippen molar-refractivity contribution in [1.82, 2.24) is 20.1 Å². The van der Waals surface area contributed by atoms with Crippen LogP contribution < -0.4 is 10.0 Å². The van der Waals surface area contributed by atoms with Crippen molar-refractivity contribution in [2.75, 3.05) is 23.2 Å². The minimum absolute atomic E-state index is 0.00504. The first-order valence-corrected chi connectivity index (χ1v) is 14.9. The van der Waals surface area contributed by atoms with E-state index < -0.39 is 28.5 Å². The molecule has 0 atom stereocenters. The Balaban J connectivity index is 1.26. The lowest BCUT2D eigenvalue weighted by atomic mass is 9.95. The zero-order valence-corrected chi connectivity index (χ0v) is 23.8. The van der Waals surface area contributed by atoms with Gasteiger partial charge in [-0.25, -0.2) is 13.2 Å². The Labute approximate surface area is 235 Å². The molecule has 1 amide bonds. The Bertz CT molecular complexity index is 1690. The van der Waals surface area contributed by atoms with Gasteiger partial charge in [0.25, 0.3) is 15.9 Å². The third-order valence-electron chi connectivity index (χ3n) is 6.54. The predicted molar refractivity (Wildman–Crippen MR) is 152 cm³/mol. The molecule has 2 aromatic carbocycles. The van der Waals surface area contributed by atoms with E-state index in [1.54, 1.807) is 6.92 Å². The van der Waals surface area contributed by atoms with E-state index >= 15 is 0 Å². The number of carbonyl (C=O) groups is 2. The second-order valence-electron chi connectivity index (χ2n) is 9.62. The van der Waals surface area contributed by atoms with E-state index in [1.807, 2.05) is 24.3 Å². The minimum atomic E-state index is -3.87. The number of hydrogen-bond donors (Lipinski definition) is 2. The highest BCUT2D eigenvalue weighted by Gasteiger charge is 2.28. The van der Waals surface area contributed by atoms with Gasteiger partial charge in [-0.05, 0) is 51.1 Å². The van der Waals surface area contributed by atoms with Gasteiger partial charge in [0.05, 0.1) is 16.0 Å². The average Bonchev–Trinajstić information content (AvgIpc) is 3.33. The molecule has 1 aliphatic heterocycles. The number of nitrogens with zero attached hydrogens (tertiary/aromatic N) is 4. The number of carbonyl (C=O) groups excluding carboxylic acids is 2. The van der Waals surface area contributed by atoms with Crippen molar-refractivity contribution in [3.05, 3.63) is 70.4 Å². The van der Waals surface area contributed by atoms with Crippen molar-refractivity contribution < 1.29 is 22.7 Å². The maximum atomic E-state index is 13.3. The number of rotatable bonds is 8. The largest absolute Gasteiger partial charge is 0.452 e. The Morgan fingerprint density at radius 2 is 1.85 bits per heavy atom. The molecule has 1 aliphatic rings. The zero-order valence-electron chi connectivity index (χ0n) is 22.2. The van der Waals surface area contributed by atoms with Gasteiger partial charge >= 0.3 is 5.97 Å². The summed E-state index contributed by atoms with van der Waals surface area (Å²) in [6.07, 6.45) is 0.723. The quantitative estimate of drug-likeness (QED) is 0.298. The molecule has 0 spiro atoms. The number of amides is 1. The Kier molecular flexibility index (Phi) is 7.79. The van der Waals surface area contributed by atoms with Gasteiger partial charge in [-0.3, -0.25) is 19.4 Å². The molecule has 0 fully saturated rings. The van der Waals surface area contributed by atoms with Crippen LogP contribution in [0.3, 0.4) is 0 Å². The van der Waals surface area contributed by atoms with Crippen LogP contribution in [0.4, 0.5) is 10.8 Å². The van der Waals surface area contributed by atoms with Crippen LogP contribution in [-0.4, -0.2) is 59.6 Å². The van der Waals surface area contributed by atoms with E-state index in [9.17, 15) is 18.0 Å². The molecule has 2 N–H and O–H groups in total. The average molecular weight is 581 g/mol. The third kappa shape index (κ3) is 5.96. The van der Waals surface area contributed by atoms with Crippen molar-refractivity contribution in [2.45, 2.75) is 44.7 Å². The topological polar surface area (TPSA) is 143 Å². The monoisotopic (exact) mass is 580 g/mol. The number of aromatic nitrogens is 3. The molecule has 0 radical (unpaired) electrons. The molecule has 2 aromatic heterocycles. The van der Waals surface area contributed by atoms with Crippen LogP contribution in [0, 0.1) is 6.92 Å². The van der Waals surface area contributed by atoms with Gasteiger partial charge in [0.15, 0.2) is 6.61 Å². The highest BCUT2D eigenvalue weighted by molar-refractivity contribution is 7.93. The number of fused-ring (bicyclic) bond motifs is 2. The van der Waals surface area contributed by atoms with E-state index in [1.165, 1.54) is 24.3 Å². The summed E-state index contributed by atoms with van der Waals surface area (Å²) in [6, 6.07) is 13.3. The molecular weight excluding hydrogens is 552 g/mol. The van der Waals surface area contributed by atoms with Crippen LogP contribution in [0.5, 0.6) is 0 Å². The molecule has 0 saturated carbocycles. The van der Waals surface area contributed by atoms with E-state index in [4.69, 9.17) is 9.72 Å². The molecule has 0 bridgehead atoms. The second-order valence-corrected chi connectivity index (χ2v) is 12.5. The summed E-state index contributed by atoms with van der Waals surface area (Å²) in [5.41, 5.74) is 3.20. The first kappa shape index (κ1) is 27.6. The van der Waals surface area contributed by atoms with Gasteiger partial charge in [0, 0.05) is 47.9 Å². The van der Waals surface area contributed by atoms with Crippen molar-refractivity contribution in [1.29, 1.82) is 0 Å². The second kappa shape index (κ2) is 11.3. The minimum Gasteiger partial charge on any atom is -0.452 e. The summed E-state index contributed by atoms with van der Waals surface area (Å²) < 4.78 is 33.0. The van der Waals surface area contributed by atoms with E-state index in [0.717, 1.165) is 35.6 Å². The summed E-state index contributed by atoms with van der Waals surface area (Å²) in [4.78, 5) is 33.0. The maximum Gasteiger partial charge on any atom is 0.339 e. The van der Waals surface area contributed by atoms with Crippen molar-refractivity contribution in [2.24, 2.45) is 0 Å². The van der Waals surface area contributed by atoms with E-state index in [-0.39, 0.29) is 10.0 Å². The molecule has 0 saturated heterocycles. The van der Waals surface area contributed by atoms with Crippen LogP contribution in [0.15, 0.2) is 53.4 Å². The molecule has 3 heterocycles. The highest BCUT2D eigenvalue weighted by Crippen LogP contribution is 2.29. The molecule has 11 nitrogen and oxygen atoms in total. The Morgan fingerprint density at radius 3 is 2.55 bits per heavy atom. The van der Waals surface area contributed by atoms with Gasteiger partial charge < -0.3 is 10.1 Å². The van der Waals surface area contributed by atoms with E-state index in [2.05, 4.69) is 39.0 Å². The number of ether oxygens (including phenoxy) is 1. The van der Waals surface area contributed by atoms with Gasteiger partial charge in [-0.15, -0.1) is 10.2 Å². The van der Waals surface area contributed by atoms with Crippen LogP contribution >= 0.6 is 11.3 Å². The lowest BCUT2D eigenvalue weighted by molar-refractivity contribution is -0.119. The van der Waals surface area contributed by atoms with Crippen molar-refractivity contribution >= 4 is 55.0 Å². The first-order valence-electron chi connectivity index (χ1n) is 12.7. The van der Waals surface area contributed by atoms with E-state index in [0.29, 0.717) is 39.7 Å². The summed E-state index contributed by atoms with van der Waals surface area (Å²) in [5, 5.41) is 11.7. The van der Waals surface area contributed by atoms with Gasteiger partial charge in [-0.1, -0.05) is 29.5 Å². The fourth-order valence-electron chi connectivity index (χ4n) is 4.51. The number of anilines is 2. The number of aryl methyl sites for hydroxylation is 1. The molecule has 5 rings (SSSR count). The molecule has 4 aromatic rings. The fraction of sp³-hybridized carbons (Fsp3) is 0.296. The normalized spacial score (nSPS) is 13.7. The maximum absolute atomic E-state index is 13.3. The summed E-state index contributed by atoms with van der Waals surface area (Å²) in [7, 11) is -3.87. The zero-order chi connectivity index (χ0) is 28.4. The molecule has 0 unspecified atom stereocenters. The van der Waals surface area contributed by atoms with Gasteiger partial charge in [-0.2, -0.15) is 0 Å². The number of pyridine rings is 1. The van der Waals surface area contributed by atoms with Gasteiger partial charge in [0.1, 0.15) is 5.01 Å². The Hall–Kier alpha value is -3.94. The number of para-hydroxylation sites is 1. The molecule has 40 heavy (non-hydrogen) atoms. The van der Waals surface area contributed by atoms with Crippen LogP contribution in [0.25, 0.3) is 10.9 Å². The number of esters is 1. The molecule has 0 aliphatic carbocycles. The highest BCUT2D eigenvalue weighted by atomic mass is 32.2. The summed E-state index contributed by atoms with van der Waals surface area (Å²) >= 11 is 1.12. The van der Waals surface area contributed by atoms with Crippen LogP contribution in [0.1, 0.15) is 40.5 Å². The standard InChI is InChI=1S/C27H28N6O5S2/c1-16(2)33-13-12-23-21(14-33)25(20-6-4-5-7-22(20)29-23)26(35)38-15-24(34)28-18-8-10-19(11-9-18)40(36,37)32-27-31-30-17(3)39-27/h4-11,16H,12-15H2,1-3H3,(H,28,34)(H,31,32). The number of nitrogens with one attached hydrogen (secondary N) is 2. The third-order valence-corrected chi connectivity index (χ3v) is 8.78. The number of hydrogen-bond acceptors (Lipinski definition) is 10. The fourth-order valence-corrected chi connectivity index (χ4v) is 6.34. The lowest BCUT2D eigenvalue weighted by Gasteiger charge is -2.32. The summed E-state index contributed by atoms with van der Waals surface area (Å²) in [5.74, 6) is -1.14. The number of sulfonamides is 1. The summed E-state index contributed by atoms with van der Waals surface area (Å²) in [6.45, 7) is 6.86. The van der Waals surface area contributed by atoms with Crippen molar-refractivity contribution in [3.8, 4) is 0 Å². The van der Waals surface area contributed by atoms with Crippen LogP contribution in [0.2, 0.25) is 0 Å². The number of benzene rings is 2. The SMILES string of the molecule is Cc1nnc(NS(=O)(=O)c2ccc(NC(=O)COC(=O)c3c4c(nc5ccccc35)CCN(C(C)C)C4)cc2)s1. The molecule has 13 heteroatoms. The van der Waals surface area contributed by atoms with Crippen molar-refractivity contribution in [3.63, 3.8) is 0 Å². The Morgan fingerprint density at radius 1 is 1.10 bits per heavy atom. The smallest absolute Gasteiger partial charge is 0.339 e. The molecule has 208 valence electrons. The van der Waals surface area contributed by atoms with Crippen LogP contribution in [-0.2, 0) is 32.5 Å².